The van der Waals surface area contributed by atoms with Gasteiger partial charge in [-0.1, -0.05) is 24.6 Å². The van der Waals surface area contributed by atoms with Gasteiger partial charge in [0.2, 0.25) is 0 Å². The van der Waals surface area contributed by atoms with Crippen molar-refractivity contribution in [2.45, 2.75) is 20.3 Å². The fourth-order valence-corrected chi connectivity index (χ4v) is 2.40. The van der Waals surface area contributed by atoms with E-state index in [1.54, 1.807) is 41.1 Å². The molecule has 0 unspecified atom stereocenters. The Morgan fingerprint density at radius 2 is 2.29 bits per heavy atom. The topological polar surface area (TPSA) is 47.2 Å². The predicted molar refractivity (Wildman–Crippen MR) is 89.0 cm³/mol. The van der Waals surface area contributed by atoms with Gasteiger partial charge >= 0.3 is 0 Å². The Balaban J connectivity index is 2.78. The lowest BCUT2D eigenvalue weighted by Gasteiger charge is -2.13. The van der Waals surface area contributed by atoms with Crippen LogP contribution in [0.4, 0.5) is 0 Å². The molecule has 0 fully saturated rings. The van der Waals surface area contributed by atoms with E-state index in [0.29, 0.717) is 28.2 Å². The summed E-state index contributed by atoms with van der Waals surface area (Å²) in [6, 6.07) is 5.29. The highest BCUT2D eigenvalue weighted by Crippen LogP contribution is 2.20. The van der Waals surface area contributed by atoms with E-state index >= 15 is 0 Å². The number of hydrogen-bond donors (Lipinski definition) is 0. The first-order valence-corrected chi connectivity index (χ1v) is 6.97. The molecule has 0 N–H and O–H groups in total. The summed E-state index contributed by atoms with van der Waals surface area (Å²) in [4.78, 5) is 20.9. The van der Waals surface area contributed by atoms with Crippen LogP contribution in [0.5, 0.6) is 0 Å². The number of allylic oxidation sites excluding steroid dienone is 3. The fourth-order valence-electron chi connectivity index (χ4n) is 2.15. The van der Waals surface area contributed by atoms with Crippen LogP contribution in [0.15, 0.2) is 46.3 Å². The van der Waals surface area contributed by atoms with Crippen molar-refractivity contribution in [1.82, 2.24) is 9.55 Å². The molecule has 0 saturated carbocycles. The smallest absolute Gasteiger partial charge is 0.267 e. The van der Waals surface area contributed by atoms with Crippen molar-refractivity contribution < 1.29 is 0 Å². The van der Waals surface area contributed by atoms with Crippen molar-refractivity contribution in [2.75, 3.05) is 0 Å². The van der Waals surface area contributed by atoms with Gasteiger partial charge in [0.05, 0.1) is 15.9 Å². The Morgan fingerprint density at radius 1 is 1.52 bits per heavy atom. The minimum Gasteiger partial charge on any atom is -0.273 e. The number of aromatic nitrogens is 2. The lowest BCUT2D eigenvalue weighted by atomic mass is 10.2. The summed E-state index contributed by atoms with van der Waals surface area (Å²) in [5.74, 6) is 0.698. The summed E-state index contributed by atoms with van der Waals surface area (Å²) in [6.45, 7) is 7.18. The third-order valence-corrected chi connectivity index (χ3v) is 3.43. The van der Waals surface area contributed by atoms with Gasteiger partial charge in [0.15, 0.2) is 0 Å². The molecule has 0 aliphatic carbocycles. The molecule has 4 nitrogen and oxygen atoms in total. The molecule has 2 aromatic rings. The van der Waals surface area contributed by atoms with E-state index in [0.717, 1.165) is 5.70 Å². The lowest BCUT2D eigenvalue weighted by molar-refractivity contribution is 0.843. The minimum atomic E-state index is -0.156. The summed E-state index contributed by atoms with van der Waals surface area (Å²) in [5.41, 5.74) is 1.22. The van der Waals surface area contributed by atoms with Crippen LogP contribution in [-0.2, 0) is 6.42 Å². The zero-order valence-electron chi connectivity index (χ0n) is 12.0. The van der Waals surface area contributed by atoms with Crippen LogP contribution in [-0.4, -0.2) is 16.3 Å². The van der Waals surface area contributed by atoms with Crippen molar-refractivity contribution >= 4 is 34.9 Å². The normalized spacial score (nSPS) is 12.2. The minimum absolute atomic E-state index is 0.156. The molecule has 0 saturated heterocycles. The lowest BCUT2D eigenvalue weighted by Crippen LogP contribution is -2.24. The number of aliphatic imine (C=N–C) groups is 1. The highest BCUT2D eigenvalue weighted by atomic mass is 35.5. The van der Waals surface area contributed by atoms with Gasteiger partial charge in [-0.25, -0.2) is 4.98 Å². The van der Waals surface area contributed by atoms with Crippen molar-refractivity contribution in [3.05, 3.63) is 57.8 Å². The molecule has 1 aromatic carbocycles. The second-order valence-electron chi connectivity index (χ2n) is 4.49. The number of aryl methyl sites for hydroxylation is 1. The molecule has 21 heavy (non-hydrogen) atoms. The maximum absolute atomic E-state index is 12.7. The number of rotatable bonds is 4. The average Bonchev–Trinajstić information content (AvgIpc) is 2.46. The molecule has 0 spiro atoms. The fraction of sp³-hybridized carbons (Fsp3) is 0.188. The molecule has 0 aliphatic heterocycles. The molecule has 5 heteroatoms. The highest BCUT2D eigenvalue weighted by molar-refractivity contribution is 6.35. The van der Waals surface area contributed by atoms with Gasteiger partial charge in [-0.3, -0.25) is 14.4 Å². The van der Waals surface area contributed by atoms with E-state index in [1.807, 2.05) is 13.8 Å². The molecular weight excluding hydrogens is 286 g/mol. The van der Waals surface area contributed by atoms with Crippen LogP contribution in [0, 0.1) is 0 Å². The molecular formula is C16H16ClN3O. The van der Waals surface area contributed by atoms with Gasteiger partial charge < -0.3 is 0 Å². The van der Waals surface area contributed by atoms with Gasteiger partial charge in [-0.2, -0.15) is 0 Å². The Hall–Kier alpha value is -2.20. The van der Waals surface area contributed by atoms with Gasteiger partial charge in [0.1, 0.15) is 5.82 Å². The molecule has 0 atom stereocenters. The maximum atomic E-state index is 12.7. The highest BCUT2D eigenvalue weighted by Gasteiger charge is 2.12. The molecule has 1 aromatic heterocycles. The Bertz CT molecular complexity index is 803. The number of benzene rings is 1. The third kappa shape index (κ3) is 2.95. The van der Waals surface area contributed by atoms with Crippen molar-refractivity contribution in [1.29, 1.82) is 0 Å². The second-order valence-corrected chi connectivity index (χ2v) is 4.90. The van der Waals surface area contributed by atoms with Crippen LogP contribution in [0.25, 0.3) is 16.6 Å². The summed E-state index contributed by atoms with van der Waals surface area (Å²) >= 11 is 6.15. The summed E-state index contributed by atoms with van der Waals surface area (Å²) < 4.78 is 1.58. The Kier molecular flexibility index (Phi) is 4.70. The quantitative estimate of drug-likeness (QED) is 0.639. The molecule has 2 rings (SSSR count). The van der Waals surface area contributed by atoms with Crippen molar-refractivity contribution in [3.63, 3.8) is 0 Å². The Morgan fingerprint density at radius 3 is 2.95 bits per heavy atom. The number of halogens is 1. The number of hydrogen-bond acceptors (Lipinski definition) is 3. The summed E-state index contributed by atoms with van der Waals surface area (Å²) in [6.07, 6.45) is 5.72. The van der Waals surface area contributed by atoms with Crippen LogP contribution in [0.3, 0.4) is 0 Å². The number of nitrogens with zero attached hydrogens (tertiary/aromatic N) is 3. The predicted octanol–water partition coefficient (Wildman–Crippen LogP) is 3.69. The van der Waals surface area contributed by atoms with Crippen LogP contribution in [0.2, 0.25) is 5.02 Å². The average molecular weight is 302 g/mol. The van der Waals surface area contributed by atoms with E-state index in [1.165, 1.54) is 0 Å². The number of fused-ring (bicyclic) bond motifs is 1. The van der Waals surface area contributed by atoms with Gasteiger partial charge in [0.25, 0.3) is 5.56 Å². The molecule has 108 valence electrons. The van der Waals surface area contributed by atoms with Gasteiger partial charge in [0, 0.05) is 18.3 Å². The van der Waals surface area contributed by atoms with Crippen molar-refractivity contribution in [3.8, 4) is 0 Å². The maximum Gasteiger partial charge on any atom is 0.267 e. The van der Waals surface area contributed by atoms with Gasteiger partial charge in [-0.15, -0.1) is 0 Å². The van der Waals surface area contributed by atoms with Crippen LogP contribution < -0.4 is 5.56 Å². The van der Waals surface area contributed by atoms with E-state index in [9.17, 15) is 4.79 Å². The zero-order chi connectivity index (χ0) is 15.4. The van der Waals surface area contributed by atoms with Crippen LogP contribution in [0.1, 0.15) is 19.7 Å². The van der Waals surface area contributed by atoms with Crippen molar-refractivity contribution in [2.24, 2.45) is 4.99 Å². The Labute approximate surface area is 128 Å². The largest absolute Gasteiger partial charge is 0.273 e. The third-order valence-electron chi connectivity index (χ3n) is 3.11. The van der Waals surface area contributed by atoms with E-state index in [-0.39, 0.29) is 5.56 Å². The first-order chi connectivity index (χ1) is 10.1. The summed E-state index contributed by atoms with van der Waals surface area (Å²) in [5, 5.41) is 0.854. The SMILES string of the molecule is C=N/C=C\C=C(/C)n1c(CC)nc2cccc(Cl)c2c1=O. The first kappa shape index (κ1) is 15.2. The van der Waals surface area contributed by atoms with Crippen LogP contribution >= 0.6 is 11.6 Å². The first-order valence-electron chi connectivity index (χ1n) is 6.60. The molecule has 0 radical (unpaired) electrons. The monoisotopic (exact) mass is 301 g/mol. The molecule has 0 aliphatic rings. The molecule has 1 heterocycles. The molecule has 0 bridgehead atoms. The summed E-state index contributed by atoms with van der Waals surface area (Å²) in [7, 11) is 0. The zero-order valence-corrected chi connectivity index (χ0v) is 12.8. The van der Waals surface area contributed by atoms with E-state index in [2.05, 4.69) is 16.7 Å². The molecule has 0 amide bonds. The van der Waals surface area contributed by atoms with E-state index in [4.69, 9.17) is 11.6 Å². The second kappa shape index (κ2) is 6.50. The van der Waals surface area contributed by atoms with Gasteiger partial charge in [-0.05, 0) is 37.9 Å². The van der Waals surface area contributed by atoms with E-state index < -0.39 is 0 Å². The standard InChI is InChI=1S/C16H16ClN3O/c1-4-14-19-13-9-5-8-12(17)15(13)16(21)20(14)11(2)7-6-10-18-3/h5-10H,3-4H2,1-2H3/b10-6-,11-7+.